The number of nitrogens with one attached hydrogen (secondary N) is 1. The smallest absolute Gasteiger partial charge is 0.235 e. The minimum Gasteiger partial charge on any atom is -0.385 e. The van der Waals surface area contributed by atoms with E-state index in [-0.39, 0.29) is 18.1 Å². The number of ether oxygens (including phenoxy) is 1. The fourth-order valence-electron chi connectivity index (χ4n) is 2.17. The minimum absolute atomic E-state index is 0.0195. The van der Waals surface area contributed by atoms with Gasteiger partial charge in [0.15, 0.2) is 0 Å². The van der Waals surface area contributed by atoms with Crippen molar-refractivity contribution < 1.29 is 17.4 Å². The third-order valence-corrected chi connectivity index (χ3v) is 6.83. The van der Waals surface area contributed by atoms with Crippen molar-refractivity contribution in [1.82, 2.24) is 0 Å². The molecule has 8 heteroatoms. The van der Waals surface area contributed by atoms with E-state index < -0.39 is 19.8 Å². The fourth-order valence-corrected chi connectivity index (χ4v) is 5.35. The number of hydrogen-bond acceptors (Lipinski definition) is 5. The third-order valence-electron chi connectivity index (χ3n) is 3.16. The first-order valence-electron chi connectivity index (χ1n) is 6.23. The minimum atomic E-state index is -3.47. The second kappa shape index (κ2) is 5.71. The number of hydrogen-bond donors (Lipinski definition) is 1. The van der Waals surface area contributed by atoms with Gasteiger partial charge in [0.05, 0.1) is 31.8 Å². The van der Waals surface area contributed by atoms with Gasteiger partial charge in [0.1, 0.15) is 0 Å². The van der Waals surface area contributed by atoms with E-state index in [1.165, 1.54) is 11.4 Å². The molecule has 20 heavy (non-hydrogen) atoms. The molecule has 0 aliphatic carbocycles. The summed E-state index contributed by atoms with van der Waals surface area (Å²) < 4.78 is 50.9. The zero-order chi connectivity index (χ0) is 14.8. The summed E-state index contributed by atoms with van der Waals surface area (Å²) in [5, 5.41) is 0. The fraction of sp³-hybridized carbons (Fsp3) is 0.500. The summed E-state index contributed by atoms with van der Waals surface area (Å²) in [7, 11) is -4.84. The number of sulfonamides is 1. The predicted molar refractivity (Wildman–Crippen MR) is 78.1 cm³/mol. The maximum atomic E-state index is 12.4. The maximum absolute atomic E-state index is 12.4. The van der Waals surface area contributed by atoms with Crippen molar-refractivity contribution in [2.75, 3.05) is 36.1 Å². The first-order valence-corrected chi connectivity index (χ1v) is 9.57. The van der Waals surface area contributed by atoms with Crippen LogP contribution in [-0.4, -0.2) is 44.4 Å². The molecule has 0 aromatic heterocycles. The SMILES string of the molecule is COCCCS(=O)(=O)N1CCS(=N)(=O)c2ccccc21. The Labute approximate surface area is 119 Å². The van der Waals surface area contributed by atoms with Gasteiger partial charge in [-0.15, -0.1) is 0 Å². The molecule has 0 spiro atoms. The number of methoxy groups -OCH3 is 1. The molecule has 0 saturated carbocycles. The summed E-state index contributed by atoms with van der Waals surface area (Å²) in [5.74, 6) is 0.0158. The van der Waals surface area contributed by atoms with Crippen LogP contribution in [0, 0.1) is 4.78 Å². The number of para-hydroxylation sites is 1. The van der Waals surface area contributed by atoms with Crippen LogP contribution in [0.2, 0.25) is 0 Å². The Morgan fingerprint density at radius 3 is 2.80 bits per heavy atom. The van der Waals surface area contributed by atoms with Gasteiger partial charge in [-0.3, -0.25) is 4.31 Å². The number of anilines is 1. The molecule has 1 unspecified atom stereocenters. The molecule has 0 saturated heterocycles. The van der Waals surface area contributed by atoms with E-state index in [4.69, 9.17) is 9.52 Å². The Bertz CT molecular complexity index is 683. The van der Waals surface area contributed by atoms with Crippen LogP contribution in [0.1, 0.15) is 6.42 Å². The maximum Gasteiger partial charge on any atom is 0.235 e. The highest BCUT2D eigenvalue weighted by Gasteiger charge is 2.32. The number of fused-ring (bicyclic) bond motifs is 1. The highest BCUT2D eigenvalue weighted by atomic mass is 32.2. The van der Waals surface area contributed by atoms with Gasteiger partial charge < -0.3 is 4.74 Å². The molecule has 1 heterocycles. The van der Waals surface area contributed by atoms with Gasteiger partial charge in [0.25, 0.3) is 0 Å². The van der Waals surface area contributed by atoms with E-state index in [0.29, 0.717) is 23.6 Å². The molecular formula is C12H18N2O4S2. The van der Waals surface area contributed by atoms with Gasteiger partial charge >= 0.3 is 0 Å². The van der Waals surface area contributed by atoms with Crippen LogP contribution < -0.4 is 4.31 Å². The van der Waals surface area contributed by atoms with E-state index >= 15 is 0 Å². The summed E-state index contributed by atoms with van der Waals surface area (Å²) in [5.41, 5.74) is 0.371. The average molecular weight is 318 g/mol. The van der Waals surface area contributed by atoms with E-state index in [1.807, 2.05) is 0 Å². The van der Waals surface area contributed by atoms with E-state index in [0.717, 1.165) is 0 Å². The molecule has 2 rings (SSSR count). The van der Waals surface area contributed by atoms with Crippen LogP contribution >= 0.6 is 0 Å². The first kappa shape index (κ1) is 15.3. The molecule has 0 radical (unpaired) electrons. The number of nitrogens with zero attached hydrogens (tertiary/aromatic N) is 1. The van der Waals surface area contributed by atoms with Gasteiger partial charge in [-0.2, -0.15) is 0 Å². The van der Waals surface area contributed by atoms with E-state index in [2.05, 4.69) is 0 Å². The molecule has 1 atom stereocenters. The zero-order valence-corrected chi connectivity index (χ0v) is 12.9. The summed E-state index contributed by atoms with van der Waals surface area (Å²) in [4.78, 5) is 0.307. The predicted octanol–water partition coefficient (Wildman–Crippen LogP) is 1.28. The van der Waals surface area contributed by atoms with Crippen molar-refractivity contribution in [2.24, 2.45) is 0 Å². The molecule has 0 fully saturated rings. The lowest BCUT2D eigenvalue weighted by Gasteiger charge is -2.31. The summed E-state index contributed by atoms with van der Waals surface area (Å²) >= 11 is 0. The molecule has 0 bridgehead atoms. The van der Waals surface area contributed by atoms with Gasteiger partial charge in [0, 0.05) is 20.3 Å². The molecule has 1 aromatic carbocycles. The van der Waals surface area contributed by atoms with Crippen LogP contribution in [0.4, 0.5) is 5.69 Å². The molecular weight excluding hydrogens is 300 g/mol. The Hall–Kier alpha value is -1.12. The summed E-state index contributed by atoms with van der Waals surface area (Å²) in [6.45, 7) is 0.471. The van der Waals surface area contributed by atoms with Crippen LogP contribution in [0.15, 0.2) is 29.2 Å². The van der Waals surface area contributed by atoms with Crippen LogP contribution in [0.25, 0.3) is 0 Å². The standard InChI is InChI=1S/C12H18N2O4S2/c1-18-8-4-9-20(16,17)14-7-10-19(13,15)12-6-3-2-5-11(12)14/h2-3,5-6,13H,4,7-10H2,1H3. The highest BCUT2D eigenvalue weighted by molar-refractivity contribution is 7.94. The Morgan fingerprint density at radius 1 is 1.40 bits per heavy atom. The van der Waals surface area contributed by atoms with Gasteiger partial charge in [-0.05, 0) is 18.6 Å². The molecule has 1 aliphatic heterocycles. The first-order chi connectivity index (χ1) is 9.38. The van der Waals surface area contributed by atoms with Gasteiger partial charge in [0.2, 0.25) is 10.0 Å². The number of benzene rings is 1. The lowest BCUT2D eigenvalue weighted by Crippen LogP contribution is -2.40. The van der Waals surface area contributed by atoms with Crippen LogP contribution in [0.3, 0.4) is 0 Å². The van der Waals surface area contributed by atoms with Crippen LogP contribution in [-0.2, 0) is 24.5 Å². The second-order valence-electron chi connectivity index (χ2n) is 4.58. The lowest BCUT2D eigenvalue weighted by atomic mass is 10.3. The second-order valence-corrected chi connectivity index (χ2v) is 8.79. The van der Waals surface area contributed by atoms with Gasteiger partial charge in [-0.25, -0.2) is 17.4 Å². The highest BCUT2D eigenvalue weighted by Crippen LogP contribution is 2.32. The molecule has 1 aromatic rings. The number of rotatable bonds is 5. The topological polar surface area (TPSA) is 87.5 Å². The van der Waals surface area contributed by atoms with Crippen molar-refractivity contribution in [3.63, 3.8) is 0 Å². The Kier molecular flexibility index (Phi) is 4.36. The van der Waals surface area contributed by atoms with E-state index in [1.54, 1.807) is 24.3 Å². The van der Waals surface area contributed by atoms with Crippen molar-refractivity contribution in [2.45, 2.75) is 11.3 Å². The Morgan fingerprint density at radius 2 is 2.10 bits per heavy atom. The molecule has 1 N–H and O–H groups in total. The monoisotopic (exact) mass is 318 g/mol. The van der Waals surface area contributed by atoms with Crippen molar-refractivity contribution in [3.8, 4) is 0 Å². The third kappa shape index (κ3) is 2.97. The molecule has 112 valence electrons. The van der Waals surface area contributed by atoms with Gasteiger partial charge in [-0.1, -0.05) is 12.1 Å². The largest absolute Gasteiger partial charge is 0.385 e. The molecule has 6 nitrogen and oxygen atoms in total. The zero-order valence-electron chi connectivity index (χ0n) is 11.2. The molecule has 0 amide bonds. The lowest BCUT2D eigenvalue weighted by molar-refractivity contribution is 0.199. The average Bonchev–Trinajstić information content (AvgIpc) is 2.38. The summed E-state index contributed by atoms with van der Waals surface area (Å²) in [6.07, 6.45) is 0.410. The van der Waals surface area contributed by atoms with Crippen molar-refractivity contribution in [1.29, 1.82) is 4.78 Å². The van der Waals surface area contributed by atoms with E-state index in [9.17, 15) is 12.6 Å². The van der Waals surface area contributed by atoms with Crippen LogP contribution in [0.5, 0.6) is 0 Å². The Balaban J connectivity index is 2.36. The molecule has 1 aliphatic rings. The normalized spacial score (nSPS) is 22.6. The summed E-state index contributed by atoms with van der Waals surface area (Å²) in [6, 6.07) is 6.55. The quantitative estimate of drug-likeness (QED) is 0.828. The van der Waals surface area contributed by atoms with Crippen molar-refractivity contribution in [3.05, 3.63) is 24.3 Å². The van der Waals surface area contributed by atoms with Crippen molar-refractivity contribution >= 4 is 25.4 Å².